The lowest BCUT2D eigenvalue weighted by atomic mass is 10.2. The average Bonchev–Trinajstić information content (AvgIpc) is 2.70. The molecule has 6 heteroatoms. The van der Waals surface area contributed by atoms with E-state index in [-0.39, 0.29) is 0 Å². The van der Waals surface area contributed by atoms with Crippen molar-refractivity contribution < 1.29 is 13.2 Å². The number of sulfone groups is 1. The second-order valence-corrected chi connectivity index (χ2v) is 6.61. The molecule has 102 valence electrons. The monoisotopic (exact) mass is 288 g/mol. The molecule has 0 bridgehead atoms. The molecule has 0 spiro atoms. The fourth-order valence-corrected chi connectivity index (χ4v) is 4.11. The van der Waals surface area contributed by atoms with Gasteiger partial charge in [0.1, 0.15) is 5.75 Å². The van der Waals surface area contributed by atoms with E-state index in [9.17, 15) is 13.2 Å². The van der Waals surface area contributed by atoms with Crippen molar-refractivity contribution in [3.8, 4) is 0 Å². The van der Waals surface area contributed by atoms with E-state index in [0.717, 1.165) is 0 Å². The van der Waals surface area contributed by atoms with Gasteiger partial charge in [0, 0.05) is 23.6 Å². The van der Waals surface area contributed by atoms with Gasteiger partial charge in [-0.25, -0.2) is 8.42 Å². The van der Waals surface area contributed by atoms with Crippen molar-refractivity contribution in [2.45, 2.75) is 5.37 Å². The molecule has 1 aliphatic rings. The molecule has 0 radical (unpaired) electrons. The number of carbonyl (C=O) groups excluding carboxylic acids is 1. The number of nitrogens with zero attached hydrogens (tertiary/aromatic N) is 2. The van der Waals surface area contributed by atoms with Gasteiger partial charge in [0.2, 0.25) is 5.91 Å². The number of carbonyl (C=O) groups is 1. The summed E-state index contributed by atoms with van der Waals surface area (Å²) in [6.45, 7) is 0. The number of para-hydroxylation sites is 1. The predicted octanol–water partition coefficient (Wildman–Crippen LogP) is 1.54. The summed E-state index contributed by atoms with van der Waals surface area (Å²) in [7, 11) is -3.55. The zero-order valence-electron chi connectivity index (χ0n) is 10.5. The van der Waals surface area contributed by atoms with Crippen molar-refractivity contribution in [1.82, 2.24) is 4.98 Å². The largest absolute Gasteiger partial charge is 0.290 e. The van der Waals surface area contributed by atoms with Crippen LogP contribution in [0.4, 0.5) is 5.69 Å². The molecule has 2 aromatic rings. The summed E-state index contributed by atoms with van der Waals surface area (Å²) >= 11 is 0. The van der Waals surface area contributed by atoms with E-state index in [1.165, 1.54) is 11.1 Å². The van der Waals surface area contributed by atoms with Gasteiger partial charge in [-0.15, -0.1) is 0 Å². The molecule has 0 unspecified atom stereocenters. The smallest absolute Gasteiger partial charge is 0.243 e. The number of pyridine rings is 1. The lowest BCUT2D eigenvalue weighted by Crippen LogP contribution is -2.29. The molecular formula is C14H12N2O3S. The number of anilines is 1. The Balaban J connectivity index is 2.15. The van der Waals surface area contributed by atoms with E-state index in [1.54, 1.807) is 42.6 Å². The first kappa shape index (κ1) is 12.8. The molecule has 1 saturated heterocycles. The number of aromatic nitrogens is 1. The minimum Gasteiger partial charge on any atom is -0.290 e. The van der Waals surface area contributed by atoms with E-state index >= 15 is 0 Å². The van der Waals surface area contributed by atoms with Crippen molar-refractivity contribution in [3.63, 3.8) is 0 Å². The summed E-state index contributed by atoms with van der Waals surface area (Å²) in [5.41, 5.74) is 1.08. The molecule has 20 heavy (non-hydrogen) atoms. The highest BCUT2D eigenvalue weighted by Crippen LogP contribution is 2.36. The first-order chi connectivity index (χ1) is 9.59. The third-order valence-electron chi connectivity index (χ3n) is 3.17. The number of hydrogen-bond donors (Lipinski definition) is 0. The molecule has 1 atom stereocenters. The molecule has 3 rings (SSSR count). The first-order valence-electron chi connectivity index (χ1n) is 6.08. The summed E-state index contributed by atoms with van der Waals surface area (Å²) < 4.78 is 24.5. The van der Waals surface area contributed by atoms with Gasteiger partial charge in [-0.2, -0.15) is 0 Å². The SMILES string of the molecule is O=C1CS(=O)(=O)[C@H](c2cccnc2)N1c1ccccc1. The van der Waals surface area contributed by atoms with E-state index in [2.05, 4.69) is 4.98 Å². The Kier molecular flexibility index (Phi) is 3.02. The number of rotatable bonds is 2. The topological polar surface area (TPSA) is 67.3 Å². The second kappa shape index (κ2) is 4.72. The van der Waals surface area contributed by atoms with Gasteiger partial charge in [-0.1, -0.05) is 24.3 Å². The van der Waals surface area contributed by atoms with Crippen molar-refractivity contribution >= 4 is 21.4 Å². The minimum absolute atomic E-state index is 0.412. The Morgan fingerprint density at radius 2 is 1.85 bits per heavy atom. The van der Waals surface area contributed by atoms with Gasteiger partial charge < -0.3 is 0 Å². The van der Waals surface area contributed by atoms with Crippen LogP contribution in [0.25, 0.3) is 0 Å². The maximum atomic E-state index is 12.3. The third-order valence-corrected chi connectivity index (χ3v) is 4.98. The third kappa shape index (κ3) is 2.08. The van der Waals surface area contributed by atoms with Gasteiger partial charge in [0.15, 0.2) is 15.2 Å². The standard InChI is InChI=1S/C14H12N2O3S/c17-13-10-20(18,19)14(11-5-4-8-15-9-11)16(13)12-6-2-1-3-7-12/h1-9,14H,10H2/t14-/m1/s1. The Bertz CT molecular complexity index is 730. The molecule has 5 nitrogen and oxygen atoms in total. The van der Waals surface area contributed by atoms with Crippen LogP contribution in [0.1, 0.15) is 10.9 Å². The highest BCUT2D eigenvalue weighted by molar-refractivity contribution is 7.93. The quantitative estimate of drug-likeness (QED) is 0.840. The molecular weight excluding hydrogens is 276 g/mol. The Labute approximate surface area is 116 Å². The maximum absolute atomic E-state index is 12.3. The molecule has 1 aromatic heterocycles. The second-order valence-electron chi connectivity index (χ2n) is 4.55. The summed E-state index contributed by atoms with van der Waals surface area (Å²) in [5, 5.41) is -0.994. The summed E-state index contributed by atoms with van der Waals surface area (Å²) in [6, 6.07) is 12.1. The van der Waals surface area contributed by atoms with Crippen LogP contribution in [-0.4, -0.2) is 25.1 Å². The van der Waals surface area contributed by atoms with Crippen LogP contribution >= 0.6 is 0 Å². The van der Waals surface area contributed by atoms with Crippen LogP contribution in [0.3, 0.4) is 0 Å². The molecule has 0 N–H and O–H groups in total. The molecule has 1 aliphatic heterocycles. The molecule has 1 aromatic carbocycles. The van der Waals surface area contributed by atoms with Crippen LogP contribution < -0.4 is 4.90 Å². The number of amides is 1. The fraction of sp³-hybridized carbons (Fsp3) is 0.143. The Morgan fingerprint density at radius 1 is 1.10 bits per heavy atom. The Hall–Kier alpha value is -2.21. The Morgan fingerprint density at radius 3 is 2.50 bits per heavy atom. The zero-order valence-corrected chi connectivity index (χ0v) is 11.3. The fourth-order valence-electron chi connectivity index (χ4n) is 2.36. The zero-order chi connectivity index (χ0) is 14.2. The highest BCUT2D eigenvalue weighted by Gasteiger charge is 2.45. The average molecular weight is 288 g/mol. The van der Waals surface area contributed by atoms with Crippen LogP contribution in [-0.2, 0) is 14.6 Å². The molecule has 1 amide bonds. The normalized spacial score (nSPS) is 21.1. The molecule has 0 aliphatic carbocycles. The molecule has 0 saturated carbocycles. The van der Waals surface area contributed by atoms with Gasteiger partial charge in [0.05, 0.1) is 0 Å². The molecule has 1 fully saturated rings. The van der Waals surface area contributed by atoms with E-state index in [1.807, 2.05) is 6.07 Å². The lowest BCUT2D eigenvalue weighted by Gasteiger charge is -2.23. The van der Waals surface area contributed by atoms with Crippen molar-refractivity contribution in [2.75, 3.05) is 10.7 Å². The van der Waals surface area contributed by atoms with Gasteiger partial charge in [0.25, 0.3) is 0 Å². The summed E-state index contributed by atoms with van der Waals surface area (Å²) in [5.74, 6) is -0.883. The van der Waals surface area contributed by atoms with Crippen molar-refractivity contribution in [1.29, 1.82) is 0 Å². The number of hydrogen-bond acceptors (Lipinski definition) is 4. The first-order valence-corrected chi connectivity index (χ1v) is 7.80. The van der Waals surface area contributed by atoms with E-state index in [4.69, 9.17) is 0 Å². The van der Waals surface area contributed by atoms with Gasteiger partial charge in [-0.05, 0) is 18.2 Å². The van der Waals surface area contributed by atoms with E-state index in [0.29, 0.717) is 11.3 Å². The maximum Gasteiger partial charge on any atom is 0.243 e. The van der Waals surface area contributed by atoms with Crippen LogP contribution in [0.15, 0.2) is 54.9 Å². The van der Waals surface area contributed by atoms with Crippen LogP contribution in [0.5, 0.6) is 0 Å². The summed E-state index contributed by atoms with van der Waals surface area (Å²) in [6.07, 6.45) is 3.05. The highest BCUT2D eigenvalue weighted by atomic mass is 32.2. The van der Waals surface area contributed by atoms with Crippen LogP contribution in [0, 0.1) is 0 Å². The number of benzene rings is 1. The van der Waals surface area contributed by atoms with E-state index < -0.39 is 26.9 Å². The van der Waals surface area contributed by atoms with Crippen LogP contribution in [0.2, 0.25) is 0 Å². The predicted molar refractivity (Wildman–Crippen MR) is 74.7 cm³/mol. The minimum atomic E-state index is -3.55. The lowest BCUT2D eigenvalue weighted by molar-refractivity contribution is -0.115. The van der Waals surface area contributed by atoms with Crippen molar-refractivity contribution in [2.24, 2.45) is 0 Å². The molecule has 2 heterocycles. The summed E-state index contributed by atoms with van der Waals surface area (Å²) in [4.78, 5) is 17.4. The van der Waals surface area contributed by atoms with Gasteiger partial charge in [-0.3, -0.25) is 14.7 Å². The van der Waals surface area contributed by atoms with Gasteiger partial charge >= 0.3 is 0 Å². The van der Waals surface area contributed by atoms with Crippen molar-refractivity contribution in [3.05, 3.63) is 60.4 Å².